The molecule has 0 saturated carbocycles. The summed E-state index contributed by atoms with van der Waals surface area (Å²) in [4.78, 5) is 9.66. The highest BCUT2D eigenvalue weighted by Crippen LogP contribution is 2.17. The van der Waals surface area contributed by atoms with E-state index in [4.69, 9.17) is 16.7 Å². The van der Waals surface area contributed by atoms with E-state index >= 15 is 0 Å². The molecule has 5 nitrogen and oxygen atoms in total. The van der Waals surface area contributed by atoms with Crippen LogP contribution in [0.5, 0.6) is 0 Å². The summed E-state index contributed by atoms with van der Waals surface area (Å²) in [7, 11) is 1.90. The van der Waals surface area contributed by atoms with Gasteiger partial charge in [0.05, 0.1) is 23.7 Å². The highest BCUT2D eigenvalue weighted by atomic mass is 35.5. The van der Waals surface area contributed by atoms with E-state index in [9.17, 15) is 5.11 Å². The Bertz CT molecular complexity index is 544. The van der Waals surface area contributed by atoms with Gasteiger partial charge in [-0.05, 0) is 25.2 Å². The minimum absolute atomic E-state index is 0.215. The van der Waals surface area contributed by atoms with Crippen molar-refractivity contribution in [2.45, 2.75) is 12.5 Å². The van der Waals surface area contributed by atoms with Crippen LogP contribution in [0, 0.1) is 0 Å². The molecule has 2 rings (SSSR count). The number of nitrogens with zero attached hydrogens (tertiary/aromatic N) is 2. The number of halogens is 1. The second kappa shape index (κ2) is 6.34. The second-order valence-corrected chi connectivity index (χ2v) is 5.13. The molecule has 104 valence electrons. The van der Waals surface area contributed by atoms with E-state index in [0.29, 0.717) is 11.6 Å². The molecule has 0 bridgehead atoms. The minimum atomic E-state index is -0.695. The van der Waals surface area contributed by atoms with E-state index in [1.54, 1.807) is 0 Å². The molecule has 0 amide bonds. The lowest BCUT2D eigenvalue weighted by molar-refractivity contribution is 0.0668. The highest BCUT2D eigenvalue weighted by molar-refractivity contribution is 6.31. The number of aliphatic hydroxyl groups excluding tert-OH is 2. The molecule has 0 radical (unpaired) electrons. The second-order valence-electron chi connectivity index (χ2n) is 4.69. The molecule has 0 fully saturated rings. The zero-order valence-electron chi connectivity index (χ0n) is 10.8. The van der Waals surface area contributed by atoms with Crippen LogP contribution in [0.2, 0.25) is 5.02 Å². The fraction of sp³-hybridized carbons (Fsp3) is 0.462. The summed E-state index contributed by atoms with van der Waals surface area (Å²) < 4.78 is 0. The Morgan fingerprint density at radius 3 is 3.00 bits per heavy atom. The number of benzene rings is 1. The molecule has 0 aliphatic rings. The maximum atomic E-state index is 9.34. The molecule has 19 heavy (non-hydrogen) atoms. The number of fused-ring (bicyclic) bond motifs is 1. The summed E-state index contributed by atoms with van der Waals surface area (Å²) in [5, 5.41) is 18.8. The maximum absolute atomic E-state index is 9.34. The van der Waals surface area contributed by atoms with E-state index in [0.717, 1.165) is 29.8 Å². The van der Waals surface area contributed by atoms with E-state index in [1.807, 2.05) is 30.1 Å². The molecule has 1 aromatic heterocycles. The topological polar surface area (TPSA) is 72.4 Å². The highest BCUT2D eigenvalue weighted by Gasteiger charge is 2.08. The third-order valence-electron chi connectivity index (χ3n) is 2.96. The number of likely N-dealkylation sites (N-methyl/N-ethyl adjacent to an activating group) is 1. The SMILES string of the molecule is CN(CCc1nc2ccc(Cl)cc2[nH]1)C[C@H](O)CO. The van der Waals surface area contributed by atoms with E-state index in [-0.39, 0.29) is 6.61 Å². The molecular formula is C13H18ClN3O2. The van der Waals surface area contributed by atoms with Crippen LogP contribution in [0.3, 0.4) is 0 Å². The summed E-state index contributed by atoms with van der Waals surface area (Å²) in [5.41, 5.74) is 1.83. The molecule has 0 aliphatic heterocycles. The number of aliphatic hydroxyl groups is 2. The van der Waals surface area contributed by atoms with Crippen molar-refractivity contribution < 1.29 is 10.2 Å². The third kappa shape index (κ3) is 3.91. The third-order valence-corrected chi connectivity index (χ3v) is 3.19. The summed E-state index contributed by atoms with van der Waals surface area (Å²) in [5.74, 6) is 0.891. The fourth-order valence-electron chi connectivity index (χ4n) is 1.96. The van der Waals surface area contributed by atoms with Gasteiger partial charge in [0, 0.05) is 24.5 Å². The van der Waals surface area contributed by atoms with E-state index in [1.165, 1.54) is 0 Å². The zero-order valence-corrected chi connectivity index (χ0v) is 11.6. The first-order valence-electron chi connectivity index (χ1n) is 6.20. The summed E-state index contributed by atoms with van der Waals surface area (Å²) in [6.45, 7) is 0.987. The number of H-pyrrole nitrogens is 1. The average molecular weight is 284 g/mol. The number of rotatable bonds is 6. The first-order chi connectivity index (χ1) is 9.08. The molecular weight excluding hydrogens is 266 g/mol. The van der Waals surface area contributed by atoms with Crippen LogP contribution in [0.25, 0.3) is 11.0 Å². The number of aromatic amines is 1. The Kier molecular flexibility index (Phi) is 4.76. The van der Waals surface area contributed by atoms with Crippen LogP contribution in [0.4, 0.5) is 0 Å². The Hall–Kier alpha value is -1.14. The Labute approximate surface area is 116 Å². The predicted octanol–water partition coefficient (Wildman–Crippen LogP) is 1.04. The van der Waals surface area contributed by atoms with Gasteiger partial charge in [0.2, 0.25) is 0 Å². The van der Waals surface area contributed by atoms with Gasteiger partial charge in [-0.1, -0.05) is 11.6 Å². The van der Waals surface area contributed by atoms with Crippen molar-refractivity contribution in [3.63, 3.8) is 0 Å². The zero-order chi connectivity index (χ0) is 13.8. The molecule has 0 saturated heterocycles. The normalized spacial score (nSPS) is 13.3. The average Bonchev–Trinajstić information content (AvgIpc) is 2.78. The van der Waals surface area contributed by atoms with Crippen LogP contribution in [-0.2, 0) is 6.42 Å². The van der Waals surface area contributed by atoms with Gasteiger partial charge in [-0.15, -0.1) is 0 Å². The number of hydrogen-bond acceptors (Lipinski definition) is 4. The molecule has 2 aromatic rings. The van der Waals surface area contributed by atoms with Crippen molar-refractivity contribution in [3.05, 3.63) is 29.0 Å². The number of aromatic nitrogens is 2. The lowest BCUT2D eigenvalue weighted by Gasteiger charge is -2.18. The fourth-order valence-corrected chi connectivity index (χ4v) is 2.13. The lowest BCUT2D eigenvalue weighted by Crippen LogP contribution is -2.32. The first-order valence-corrected chi connectivity index (χ1v) is 6.58. The van der Waals surface area contributed by atoms with Crippen molar-refractivity contribution >= 4 is 22.6 Å². The van der Waals surface area contributed by atoms with E-state index < -0.39 is 6.10 Å². The minimum Gasteiger partial charge on any atom is -0.394 e. The Morgan fingerprint density at radius 2 is 2.26 bits per heavy atom. The standard InChI is InChI=1S/C13H18ClN3O2/c1-17(7-10(19)8-18)5-4-13-15-11-3-2-9(14)6-12(11)16-13/h2-3,6,10,18-19H,4-5,7-8H2,1H3,(H,15,16)/t10-/m0/s1. The van der Waals surface area contributed by atoms with Gasteiger partial charge in [-0.3, -0.25) is 0 Å². The molecule has 6 heteroatoms. The summed E-state index contributed by atoms with van der Waals surface area (Å²) in [6.07, 6.45) is 0.0560. The summed E-state index contributed by atoms with van der Waals surface area (Å²) in [6, 6.07) is 5.56. The van der Waals surface area contributed by atoms with Crippen molar-refractivity contribution in [2.24, 2.45) is 0 Å². The number of hydrogen-bond donors (Lipinski definition) is 3. The van der Waals surface area contributed by atoms with Crippen molar-refractivity contribution in [1.82, 2.24) is 14.9 Å². The van der Waals surface area contributed by atoms with Gasteiger partial charge in [-0.25, -0.2) is 4.98 Å². The molecule has 1 aromatic carbocycles. The quantitative estimate of drug-likeness (QED) is 0.741. The molecule has 0 unspecified atom stereocenters. The van der Waals surface area contributed by atoms with Gasteiger partial charge >= 0.3 is 0 Å². The smallest absolute Gasteiger partial charge is 0.108 e. The predicted molar refractivity (Wildman–Crippen MR) is 75.4 cm³/mol. The first kappa shape index (κ1) is 14.3. The molecule has 0 aliphatic carbocycles. The maximum Gasteiger partial charge on any atom is 0.108 e. The molecule has 0 spiro atoms. The van der Waals surface area contributed by atoms with Crippen molar-refractivity contribution in [1.29, 1.82) is 0 Å². The van der Waals surface area contributed by atoms with Gasteiger partial charge in [0.1, 0.15) is 5.82 Å². The van der Waals surface area contributed by atoms with Crippen LogP contribution >= 0.6 is 11.6 Å². The molecule has 1 atom stereocenters. The van der Waals surface area contributed by atoms with E-state index in [2.05, 4.69) is 9.97 Å². The molecule has 1 heterocycles. The number of nitrogens with one attached hydrogen (secondary N) is 1. The number of imidazole rings is 1. The Morgan fingerprint density at radius 1 is 1.47 bits per heavy atom. The van der Waals surface area contributed by atoms with Crippen LogP contribution in [-0.4, -0.2) is 57.9 Å². The van der Waals surface area contributed by atoms with Crippen LogP contribution < -0.4 is 0 Å². The van der Waals surface area contributed by atoms with Gasteiger partial charge in [0.25, 0.3) is 0 Å². The lowest BCUT2D eigenvalue weighted by atomic mass is 10.3. The summed E-state index contributed by atoms with van der Waals surface area (Å²) >= 11 is 5.92. The Balaban J connectivity index is 1.94. The van der Waals surface area contributed by atoms with Gasteiger partial charge in [-0.2, -0.15) is 0 Å². The van der Waals surface area contributed by atoms with Crippen LogP contribution in [0.15, 0.2) is 18.2 Å². The van der Waals surface area contributed by atoms with Gasteiger partial charge in [0.15, 0.2) is 0 Å². The molecule has 3 N–H and O–H groups in total. The van der Waals surface area contributed by atoms with Crippen LogP contribution in [0.1, 0.15) is 5.82 Å². The van der Waals surface area contributed by atoms with Crippen molar-refractivity contribution in [2.75, 3.05) is 26.7 Å². The van der Waals surface area contributed by atoms with Crippen molar-refractivity contribution in [3.8, 4) is 0 Å². The monoisotopic (exact) mass is 283 g/mol. The van der Waals surface area contributed by atoms with Gasteiger partial charge < -0.3 is 20.1 Å². The largest absolute Gasteiger partial charge is 0.394 e.